The molecule has 1 unspecified atom stereocenters. The molecule has 3 aromatic rings. The molecule has 1 saturated heterocycles. The monoisotopic (exact) mass is 458 g/mol. The van der Waals surface area contributed by atoms with Gasteiger partial charge in [0.25, 0.3) is 0 Å². The van der Waals surface area contributed by atoms with Crippen LogP contribution in [0, 0.1) is 13.8 Å². The lowest BCUT2D eigenvalue weighted by molar-refractivity contribution is 0.0957. The number of carbonyl (C=O) groups is 1. The van der Waals surface area contributed by atoms with Gasteiger partial charge in [-0.15, -0.1) is 10.2 Å². The van der Waals surface area contributed by atoms with Crippen molar-refractivity contribution in [3.63, 3.8) is 0 Å². The molecule has 1 fully saturated rings. The topological polar surface area (TPSA) is 61.9 Å². The minimum absolute atomic E-state index is 0.107. The Morgan fingerprint density at radius 3 is 2.68 bits per heavy atom. The van der Waals surface area contributed by atoms with Gasteiger partial charge in [0.15, 0.2) is 16.8 Å². The molecular formula is C23H27ClN4O2S. The van der Waals surface area contributed by atoms with Gasteiger partial charge >= 0.3 is 0 Å². The number of halogens is 1. The normalized spacial score (nSPS) is 16.2. The Kier molecular flexibility index (Phi) is 6.84. The standard InChI is InChI=1S/C23H27ClN4O2S/c1-4-27-22(17-7-9-18(24)10-8-17)25-26-23(27)31-14-21(29)20-12-15(2)28(16(20)3)13-19-6-5-11-30-19/h7-10,12,19H,4-6,11,13-14H2,1-3H3. The van der Waals surface area contributed by atoms with Crippen molar-refractivity contribution in [2.45, 2.75) is 58.0 Å². The third-order valence-electron chi connectivity index (χ3n) is 5.75. The van der Waals surface area contributed by atoms with E-state index in [0.29, 0.717) is 10.8 Å². The molecule has 1 aromatic carbocycles. The van der Waals surface area contributed by atoms with Crippen LogP contribution in [0.3, 0.4) is 0 Å². The molecule has 0 spiro atoms. The average Bonchev–Trinajstić information content (AvgIpc) is 3.49. The number of rotatable bonds is 8. The molecule has 6 nitrogen and oxygen atoms in total. The molecule has 8 heteroatoms. The molecule has 0 saturated carbocycles. The molecule has 0 N–H and O–H groups in total. The fraction of sp³-hybridized carbons (Fsp3) is 0.435. The summed E-state index contributed by atoms with van der Waals surface area (Å²) in [6, 6.07) is 9.54. The zero-order chi connectivity index (χ0) is 22.0. The van der Waals surface area contributed by atoms with Crippen LogP contribution < -0.4 is 0 Å². The molecule has 0 radical (unpaired) electrons. The molecule has 0 amide bonds. The second kappa shape index (κ2) is 9.59. The highest BCUT2D eigenvalue weighted by Crippen LogP contribution is 2.27. The summed E-state index contributed by atoms with van der Waals surface area (Å²) in [6.45, 7) is 8.49. The van der Waals surface area contributed by atoms with Crippen LogP contribution in [0.15, 0.2) is 35.5 Å². The summed E-state index contributed by atoms with van der Waals surface area (Å²) in [6.07, 6.45) is 2.44. The van der Waals surface area contributed by atoms with E-state index in [4.69, 9.17) is 16.3 Å². The van der Waals surface area contributed by atoms with E-state index in [0.717, 1.165) is 66.0 Å². The van der Waals surface area contributed by atoms with Gasteiger partial charge in [0.2, 0.25) is 0 Å². The number of carbonyl (C=O) groups excluding carboxylic acids is 1. The SMILES string of the molecule is CCn1c(SCC(=O)c2cc(C)n(CC3CCCO3)c2C)nnc1-c1ccc(Cl)cc1. The Morgan fingerprint density at radius 2 is 2.00 bits per heavy atom. The van der Waals surface area contributed by atoms with Gasteiger partial charge in [0.05, 0.1) is 11.9 Å². The third kappa shape index (κ3) is 4.73. The molecular weight excluding hydrogens is 432 g/mol. The molecule has 0 bridgehead atoms. The predicted molar refractivity (Wildman–Crippen MR) is 124 cm³/mol. The predicted octanol–water partition coefficient (Wildman–Crippen LogP) is 5.19. The van der Waals surface area contributed by atoms with Gasteiger partial charge in [-0.05, 0) is 63.9 Å². The van der Waals surface area contributed by atoms with Crippen molar-refractivity contribution in [3.05, 3.63) is 52.3 Å². The largest absolute Gasteiger partial charge is 0.376 e. The van der Waals surface area contributed by atoms with E-state index in [1.54, 1.807) is 0 Å². The second-order valence-electron chi connectivity index (χ2n) is 7.80. The molecule has 1 atom stereocenters. The highest BCUT2D eigenvalue weighted by molar-refractivity contribution is 7.99. The van der Waals surface area contributed by atoms with E-state index in [1.807, 2.05) is 48.7 Å². The van der Waals surface area contributed by atoms with Gasteiger partial charge in [0, 0.05) is 47.2 Å². The number of aryl methyl sites for hydroxylation is 1. The second-order valence-corrected chi connectivity index (χ2v) is 9.18. The number of nitrogens with zero attached hydrogens (tertiary/aromatic N) is 4. The molecule has 1 aliphatic rings. The van der Waals surface area contributed by atoms with E-state index < -0.39 is 0 Å². The van der Waals surface area contributed by atoms with Gasteiger partial charge in [-0.25, -0.2) is 0 Å². The molecule has 0 aliphatic carbocycles. The minimum Gasteiger partial charge on any atom is -0.376 e. The Balaban J connectivity index is 1.47. The first-order valence-electron chi connectivity index (χ1n) is 10.6. The third-order valence-corrected chi connectivity index (χ3v) is 6.97. The molecule has 4 rings (SSSR count). The molecule has 2 aromatic heterocycles. The summed E-state index contributed by atoms with van der Waals surface area (Å²) in [5.74, 6) is 1.21. The van der Waals surface area contributed by atoms with Crippen molar-refractivity contribution >= 4 is 29.1 Å². The number of thioether (sulfide) groups is 1. The number of ether oxygens (including phenoxy) is 1. The lowest BCUT2D eigenvalue weighted by Crippen LogP contribution is -2.17. The summed E-state index contributed by atoms with van der Waals surface area (Å²) < 4.78 is 10.0. The van der Waals surface area contributed by atoms with Gasteiger partial charge in [-0.2, -0.15) is 0 Å². The van der Waals surface area contributed by atoms with Crippen LogP contribution in [-0.2, 0) is 17.8 Å². The van der Waals surface area contributed by atoms with Crippen molar-refractivity contribution in [1.29, 1.82) is 0 Å². The number of aromatic nitrogens is 4. The van der Waals surface area contributed by atoms with Gasteiger partial charge < -0.3 is 13.9 Å². The van der Waals surface area contributed by atoms with Crippen LogP contribution >= 0.6 is 23.4 Å². The first-order valence-corrected chi connectivity index (χ1v) is 12.0. The van der Waals surface area contributed by atoms with Crippen LogP contribution in [0.2, 0.25) is 5.02 Å². The van der Waals surface area contributed by atoms with E-state index >= 15 is 0 Å². The number of Topliss-reactive ketones (excluding diaryl/α,β-unsaturated/α-hetero) is 1. The number of hydrogen-bond acceptors (Lipinski definition) is 5. The summed E-state index contributed by atoms with van der Waals surface area (Å²) in [4.78, 5) is 13.0. The maximum Gasteiger partial charge on any atom is 0.191 e. The summed E-state index contributed by atoms with van der Waals surface area (Å²) in [5.41, 5.74) is 3.85. The highest BCUT2D eigenvalue weighted by Gasteiger charge is 2.22. The lowest BCUT2D eigenvalue weighted by atomic mass is 10.2. The fourth-order valence-electron chi connectivity index (χ4n) is 4.06. The van der Waals surface area contributed by atoms with Crippen LogP contribution in [-0.4, -0.2) is 43.6 Å². The molecule has 1 aliphatic heterocycles. The maximum absolute atomic E-state index is 13.0. The van der Waals surface area contributed by atoms with Crippen molar-refractivity contribution < 1.29 is 9.53 Å². The number of hydrogen-bond donors (Lipinski definition) is 0. The average molecular weight is 459 g/mol. The Morgan fingerprint density at radius 1 is 1.23 bits per heavy atom. The van der Waals surface area contributed by atoms with Gasteiger partial charge in [-0.1, -0.05) is 23.4 Å². The molecule has 3 heterocycles. The Labute approximate surface area is 192 Å². The summed E-state index contributed by atoms with van der Waals surface area (Å²) in [5, 5.41) is 10.1. The zero-order valence-electron chi connectivity index (χ0n) is 18.1. The van der Waals surface area contributed by atoms with Crippen molar-refractivity contribution in [3.8, 4) is 11.4 Å². The summed E-state index contributed by atoms with van der Waals surface area (Å²) in [7, 11) is 0. The quantitative estimate of drug-likeness (QED) is 0.343. The first-order chi connectivity index (χ1) is 15.0. The fourth-order valence-corrected chi connectivity index (χ4v) is 5.07. The highest BCUT2D eigenvalue weighted by atomic mass is 35.5. The van der Waals surface area contributed by atoms with E-state index in [9.17, 15) is 4.79 Å². The van der Waals surface area contributed by atoms with E-state index in [1.165, 1.54) is 11.8 Å². The molecule has 164 valence electrons. The smallest absolute Gasteiger partial charge is 0.191 e. The number of ketones is 1. The van der Waals surface area contributed by atoms with Crippen molar-refractivity contribution in [1.82, 2.24) is 19.3 Å². The molecule has 31 heavy (non-hydrogen) atoms. The summed E-state index contributed by atoms with van der Waals surface area (Å²) >= 11 is 7.43. The van der Waals surface area contributed by atoms with Crippen LogP contribution in [0.5, 0.6) is 0 Å². The Hall–Kier alpha value is -2.09. The maximum atomic E-state index is 13.0. The van der Waals surface area contributed by atoms with Crippen LogP contribution in [0.4, 0.5) is 0 Å². The van der Waals surface area contributed by atoms with E-state index in [2.05, 4.69) is 21.7 Å². The first kappa shape index (κ1) is 22.1. The van der Waals surface area contributed by atoms with Crippen LogP contribution in [0.1, 0.15) is 41.5 Å². The number of benzene rings is 1. The van der Waals surface area contributed by atoms with Crippen molar-refractivity contribution in [2.75, 3.05) is 12.4 Å². The lowest BCUT2D eigenvalue weighted by Gasteiger charge is -2.14. The Bertz CT molecular complexity index is 1070. The van der Waals surface area contributed by atoms with Gasteiger partial charge in [-0.3, -0.25) is 4.79 Å². The zero-order valence-corrected chi connectivity index (χ0v) is 19.7. The van der Waals surface area contributed by atoms with Gasteiger partial charge in [0.1, 0.15) is 0 Å². The minimum atomic E-state index is 0.107. The van der Waals surface area contributed by atoms with Crippen molar-refractivity contribution in [2.24, 2.45) is 0 Å². The van der Waals surface area contributed by atoms with E-state index in [-0.39, 0.29) is 11.9 Å². The van der Waals surface area contributed by atoms with Crippen LogP contribution in [0.25, 0.3) is 11.4 Å².